The third kappa shape index (κ3) is 2.57. The largest absolute Gasteiger partial charge is 0.378 e. The number of hydrogen-bond donors (Lipinski definition) is 1. The molecular weight excluding hydrogens is 368 g/mol. The molecule has 1 aliphatic carbocycles. The van der Waals surface area contributed by atoms with Crippen LogP contribution in [0.2, 0.25) is 5.02 Å². The summed E-state index contributed by atoms with van der Waals surface area (Å²) in [7, 11) is 0. The molecule has 7 heteroatoms. The number of nitrogen functional groups attached to an aromatic ring is 1. The summed E-state index contributed by atoms with van der Waals surface area (Å²) in [6.45, 7) is 3.39. The second-order valence-electron chi connectivity index (χ2n) is 6.49. The smallest absolute Gasteiger partial charge is 0.220 e. The van der Waals surface area contributed by atoms with Crippen molar-refractivity contribution in [3.05, 3.63) is 58.2 Å². The maximum atomic E-state index is 6.09. The number of anilines is 2. The van der Waals surface area contributed by atoms with Crippen molar-refractivity contribution in [3.8, 4) is 10.6 Å². The van der Waals surface area contributed by atoms with E-state index in [4.69, 9.17) is 22.1 Å². The van der Waals surface area contributed by atoms with E-state index >= 15 is 0 Å². The summed E-state index contributed by atoms with van der Waals surface area (Å²) in [6.07, 6.45) is 1.86. The molecule has 0 bridgehead atoms. The lowest BCUT2D eigenvalue weighted by atomic mass is 9.91. The number of nitrogens with zero attached hydrogens (tertiary/aromatic N) is 3. The monoisotopic (exact) mass is 384 g/mol. The van der Waals surface area contributed by atoms with E-state index in [1.54, 1.807) is 11.3 Å². The molecule has 0 spiro atoms. The van der Waals surface area contributed by atoms with Crippen LogP contribution >= 0.6 is 22.9 Å². The molecule has 26 heavy (non-hydrogen) atoms. The Morgan fingerprint density at radius 1 is 1.15 bits per heavy atom. The molecule has 1 aliphatic heterocycles. The van der Waals surface area contributed by atoms with Gasteiger partial charge >= 0.3 is 0 Å². The fraction of sp³-hybridized carbons (Fsp3) is 0.263. The van der Waals surface area contributed by atoms with Crippen molar-refractivity contribution in [1.29, 1.82) is 0 Å². The molecule has 1 unspecified atom stereocenters. The molecule has 132 valence electrons. The van der Waals surface area contributed by atoms with Gasteiger partial charge in [0.05, 0.1) is 28.8 Å². The van der Waals surface area contributed by atoms with E-state index < -0.39 is 0 Å². The van der Waals surface area contributed by atoms with Crippen molar-refractivity contribution >= 4 is 33.9 Å². The van der Waals surface area contributed by atoms with Crippen molar-refractivity contribution in [2.75, 3.05) is 36.9 Å². The Labute approximate surface area is 160 Å². The Hall–Kier alpha value is -2.15. The summed E-state index contributed by atoms with van der Waals surface area (Å²) in [5, 5.41) is 2.00. The van der Waals surface area contributed by atoms with Crippen LogP contribution in [0.4, 0.5) is 10.9 Å². The third-order valence-corrected chi connectivity index (χ3v) is 6.42. The summed E-state index contributed by atoms with van der Waals surface area (Å²) < 4.78 is 5.49. The van der Waals surface area contributed by atoms with Crippen LogP contribution in [0, 0.1) is 0 Å². The highest BCUT2D eigenvalue weighted by atomic mass is 35.5. The Kier molecular flexibility index (Phi) is 3.85. The number of morpholine rings is 1. The van der Waals surface area contributed by atoms with Crippen LogP contribution in [0.3, 0.4) is 0 Å². The van der Waals surface area contributed by atoms with Gasteiger partial charge in [-0.3, -0.25) is 0 Å². The van der Waals surface area contributed by atoms with Crippen molar-refractivity contribution < 1.29 is 4.74 Å². The maximum Gasteiger partial charge on any atom is 0.220 e. The third-order valence-electron chi connectivity index (χ3n) is 4.95. The van der Waals surface area contributed by atoms with E-state index in [2.05, 4.69) is 33.1 Å². The standard InChI is InChI=1S/C19H17ClN4OS/c20-12-3-1-11(2-4-12)16-13-9-15(24-5-7-25-8-6-24)26-18(13)17-14(16)10-22-19(21)23-17/h1-4,9-10,16H,5-8H2,(H2,21,22,23). The summed E-state index contributed by atoms with van der Waals surface area (Å²) in [5.41, 5.74) is 10.4. The number of nitrogens with two attached hydrogens (primary N) is 1. The minimum absolute atomic E-state index is 0.115. The number of fused-ring (bicyclic) bond motifs is 3. The van der Waals surface area contributed by atoms with Crippen molar-refractivity contribution in [3.63, 3.8) is 0 Å². The minimum atomic E-state index is 0.115. The molecule has 0 radical (unpaired) electrons. The molecule has 1 aromatic carbocycles. The highest BCUT2D eigenvalue weighted by molar-refractivity contribution is 7.19. The summed E-state index contributed by atoms with van der Waals surface area (Å²) in [5.74, 6) is 0.427. The van der Waals surface area contributed by atoms with E-state index in [1.165, 1.54) is 21.0 Å². The number of aromatic nitrogens is 2. The van der Waals surface area contributed by atoms with Crippen LogP contribution in [0.1, 0.15) is 22.6 Å². The first-order chi connectivity index (χ1) is 12.7. The van der Waals surface area contributed by atoms with Gasteiger partial charge in [0.2, 0.25) is 5.95 Å². The molecule has 0 saturated carbocycles. The molecule has 1 saturated heterocycles. The topological polar surface area (TPSA) is 64.3 Å². The molecule has 1 fully saturated rings. The molecule has 5 nitrogen and oxygen atoms in total. The van der Waals surface area contributed by atoms with Crippen molar-refractivity contribution in [2.24, 2.45) is 0 Å². The van der Waals surface area contributed by atoms with Gasteiger partial charge in [-0.1, -0.05) is 23.7 Å². The predicted octanol–water partition coefficient (Wildman–Crippen LogP) is 3.77. The zero-order chi connectivity index (χ0) is 17.7. The lowest BCUT2D eigenvalue weighted by molar-refractivity contribution is 0.123. The fourth-order valence-corrected chi connectivity index (χ4v) is 5.10. The van der Waals surface area contributed by atoms with Crippen LogP contribution in [0.25, 0.3) is 10.6 Å². The molecule has 5 rings (SSSR count). The van der Waals surface area contributed by atoms with Gasteiger partial charge in [0.25, 0.3) is 0 Å². The van der Waals surface area contributed by atoms with Gasteiger partial charge < -0.3 is 15.4 Å². The van der Waals surface area contributed by atoms with E-state index in [0.717, 1.165) is 42.6 Å². The summed E-state index contributed by atoms with van der Waals surface area (Å²) in [6, 6.07) is 10.3. The quantitative estimate of drug-likeness (QED) is 0.570. The van der Waals surface area contributed by atoms with Crippen LogP contribution in [-0.2, 0) is 4.74 Å². The minimum Gasteiger partial charge on any atom is -0.378 e. The first kappa shape index (κ1) is 16.1. The second-order valence-corrected chi connectivity index (χ2v) is 7.95. The maximum absolute atomic E-state index is 6.09. The van der Waals surface area contributed by atoms with Crippen molar-refractivity contribution in [1.82, 2.24) is 9.97 Å². The second kappa shape index (κ2) is 6.23. The number of halogens is 1. The molecule has 0 amide bonds. The lowest BCUT2D eigenvalue weighted by Gasteiger charge is -2.27. The number of benzene rings is 1. The molecule has 3 heterocycles. The van der Waals surface area contributed by atoms with Gasteiger partial charge in [0.15, 0.2) is 0 Å². The number of hydrogen-bond acceptors (Lipinski definition) is 6. The van der Waals surface area contributed by atoms with Gasteiger partial charge in [-0.25, -0.2) is 9.97 Å². The normalized spacial score (nSPS) is 18.7. The fourth-order valence-electron chi connectivity index (χ4n) is 3.71. The average Bonchev–Trinajstić information content (AvgIpc) is 3.21. The SMILES string of the molecule is Nc1ncc2c(n1)-c1sc(N3CCOCC3)cc1C2c1ccc(Cl)cc1. The first-order valence-electron chi connectivity index (χ1n) is 8.55. The Balaban J connectivity index is 1.65. The molecule has 3 aromatic rings. The Morgan fingerprint density at radius 3 is 2.69 bits per heavy atom. The molecule has 2 aliphatic rings. The van der Waals surface area contributed by atoms with E-state index in [0.29, 0.717) is 5.95 Å². The number of rotatable bonds is 2. The van der Waals surface area contributed by atoms with Crippen LogP contribution in [0.15, 0.2) is 36.5 Å². The number of ether oxygens (including phenoxy) is 1. The van der Waals surface area contributed by atoms with Crippen molar-refractivity contribution in [2.45, 2.75) is 5.92 Å². The van der Waals surface area contributed by atoms with Crippen LogP contribution < -0.4 is 10.6 Å². The predicted molar refractivity (Wildman–Crippen MR) is 105 cm³/mol. The summed E-state index contributed by atoms with van der Waals surface area (Å²) in [4.78, 5) is 12.4. The molecule has 1 atom stereocenters. The molecule has 2 N–H and O–H groups in total. The highest BCUT2D eigenvalue weighted by Crippen LogP contribution is 2.52. The molecular formula is C19H17ClN4OS. The van der Waals surface area contributed by atoms with Gasteiger partial charge in [-0.05, 0) is 29.3 Å². The van der Waals surface area contributed by atoms with Gasteiger partial charge in [-0.15, -0.1) is 11.3 Å². The van der Waals surface area contributed by atoms with E-state index in [1.807, 2.05) is 18.3 Å². The van der Waals surface area contributed by atoms with Gasteiger partial charge in [0, 0.05) is 35.8 Å². The summed E-state index contributed by atoms with van der Waals surface area (Å²) >= 11 is 7.87. The lowest BCUT2D eigenvalue weighted by Crippen LogP contribution is -2.35. The van der Waals surface area contributed by atoms with Crippen LogP contribution in [-0.4, -0.2) is 36.3 Å². The van der Waals surface area contributed by atoms with E-state index in [9.17, 15) is 0 Å². The number of thiophene rings is 1. The van der Waals surface area contributed by atoms with E-state index in [-0.39, 0.29) is 5.92 Å². The van der Waals surface area contributed by atoms with Crippen LogP contribution in [0.5, 0.6) is 0 Å². The Morgan fingerprint density at radius 2 is 1.92 bits per heavy atom. The first-order valence-corrected chi connectivity index (χ1v) is 9.75. The van der Waals surface area contributed by atoms with Gasteiger partial charge in [0.1, 0.15) is 0 Å². The van der Waals surface area contributed by atoms with Gasteiger partial charge in [-0.2, -0.15) is 0 Å². The highest BCUT2D eigenvalue weighted by Gasteiger charge is 2.35. The Bertz CT molecular complexity index is 966. The molecule has 2 aromatic heterocycles. The average molecular weight is 385 g/mol. The zero-order valence-corrected chi connectivity index (χ0v) is 15.6. The zero-order valence-electron chi connectivity index (χ0n) is 14.0.